The number of urea groups is 1. The Bertz CT molecular complexity index is 632. The fourth-order valence-corrected chi connectivity index (χ4v) is 4.51. The lowest BCUT2D eigenvalue weighted by molar-refractivity contribution is 0.253. The summed E-state index contributed by atoms with van der Waals surface area (Å²) >= 11 is 3.43. The highest BCUT2D eigenvalue weighted by molar-refractivity contribution is 8.00. The van der Waals surface area contributed by atoms with Gasteiger partial charge >= 0.3 is 6.03 Å². The molecular weight excluding hydrogens is 288 g/mol. The van der Waals surface area contributed by atoms with E-state index in [1.54, 1.807) is 23.5 Å². The summed E-state index contributed by atoms with van der Waals surface area (Å²) in [5.74, 6) is 1.39. The number of thioether (sulfide) groups is 2. The van der Waals surface area contributed by atoms with Crippen molar-refractivity contribution in [2.45, 2.75) is 9.79 Å². The first-order valence-corrected chi connectivity index (χ1v) is 8.34. The highest BCUT2D eigenvalue weighted by Crippen LogP contribution is 2.42. The van der Waals surface area contributed by atoms with Crippen molar-refractivity contribution in [3.8, 4) is 0 Å². The van der Waals surface area contributed by atoms with Crippen LogP contribution in [0.5, 0.6) is 0 Å². The van der Waals surface area contributed by atoms with Crippen molar-refractivity contribution >= 4 is 40.9 Å². The first-order chi connectivity index (χ1) is 9.84. The van der Waals surface area contributed by atoms with Crippen LogP contribution in [0, 0.1) is 0 Å². The minimum atomic E-state index is 0.0694. The number of nitrogens with zero attached hydrogens (tertiary/aromatic N) is 2. The van der Waals surface area contributed by atoms with Gasteiger partial charge in [-0.3, -0.25) is 9.80 Å². The molecule has 2 aliphatic heterocycles. The average molecular weight is 300 g/mol. The quantitative estimate of drug-likeness (QED) is 0.727. The first kappa shape index (κ1) is 12.2. The van der Waals surface area contributed by atoms with Crippen LogP contribution >= 0.6 is 23.5 Å². The summed E-state index contributed by atoms with van der Waals surface area (Å²) < 4.78 is 0. The van der Waals surface area contributed by atoms with Crippen LogP contribution in [0.15, 0.2) is 58.3 Å². The summed E-state index contributed by atoms with van der Waals surface area (Å²) in [4.78, 5) is 18.9. The van der Waals surface area contributed by atoms with E-state index < -0.39 is 0 Å². The van der Waals surface area contributed by atoms with Crippen molar-refractivity contribution < 1.29 is 4.79 Å². The zero-order valence-corrected chi connectivity index (χ0v) is 12.3. The molecule has 3 nitrogen and oxygen atoms in total. The third kappa shape index (κ3) is 1.81. The summed E-state index contributed by atoms with van der Waals surface area (Å²) in [6, 6.07) is 16.2. The van der Waals surface area contributed by atoms with E-state index in [9.17, 15) is 4.79 Å². The van der Waals surface area contributed by atoms with Gasteiger partial charge in [0.15, 0.2) is 0 Å². The van der Waals surface area contributed by atoms with E-state index >= 15 is 0 Å². The van der Waals surface area contributed by atoms with Crippen molar-refractivity contribution in [3.05, 3.63) is 48.5 Å². The van der Waals surface area contributed by atoms with Crippen LogP contribution in [0.1, 0.15) is 0 Å². The van der Waals surface area contributed by atoms with Crippen LogP contribution in [-0.2, 0) is 0 Å². The van der Waals surface area contributed by atoms with Crippen molar-refractivity contribution in [1.29, 1.82) is 0 Å². The Labute approximate surface area is 125 Å². The maximum atomic E-state index is 12.8. The number of benzene rings is 2. The lowest BCUT2D eigenvalue weighted by Crippen LogP contribution is -2.40. The van der Waals surface area contributed by atoms with Crippen molar-refractivity contribution in [1.82, 2.24) is 0 Å². The molecule has 0 fully saturated rings. The topological polar surface area (TPSA) is 23.6 Å². The van der Waals surface area contributed by atoms with Gasteiger partial charge in [0.05, 0.1) is 23.1 Å². The zero-order chi connectivity index (χ0) is 13.5. The highest BCUT2D eigenvalue weighted by atomic mass is 32.2. The van der Waals surface area contributed by atoms with Crippen LogP contribution in [0.4, 0.5) is 16.2 Å². The van der Waals surface area contributed by atoms with Crippen LogP contribution in [-0.4, -0.2) is 17.8 Å². The molecule has 0 saturated heterocycles. The Kier molecular flexibility index (Phi) is 2.89. The second kappa shape index (κ2) is 4.75. The third-order valence-corrected chi connectivity index (χ3v) is 5.56. The SMILES string of the molecule is O=C(N1CSc2ccccc21)N1CSc2ccccc21. The number of carbonyl (C=O) groups excluding carboxylic acids is 1. The van der Waals surface area contributed by atoms with E-state index in [-0.39, 0.29) is 6.03 Å². The average Bonchev–Trinajstić information content (AvgIpc) is 3.11. The zero-order valence-electron chi connectivity index (χ0n) is 10.7. The molecular formula is C15H12N2OS2. The molecule has 0 spiro atoms. The predicted molar refractivity (Wildman–Crippen MR) is 84.7 cm³/mol. The number of para-hydroxylation sites is 2. The van der Waals surface area contributed by atoms with E-state index in [0.29, 0.717) is 11.8 Å². The maximum Gasteiger partial charge on any atom is 0.330 e. The number of anilines is 2. The molecule has 0 unspecified atom stereocenters. The molecule has 0 aromatic heterocycles. The largest absolute Gasteiger partial charge is 0.330 e. The molecule has 2 aliphatic rings. The molecule has 2 aromatic carbocycles. The molecule has 0 bridgehead atoms. The van der Waals surface area contributed by atoms with Crippen LogP contribution in [0.3, 0.4) is 0 Å². The minimum Gasteiger partial charge on any atom is -0.283 e. The summed E-state index contributed by atoms with van der Waals surface area (Å²) in [5, 5.41) is 0. The van der Waals surface area contributed by atoms with Gasteiger partial charge in [-0.1, -0.05) is 24.3 Å². The van der Waals surface area contributed by atoms with Gasteiger partial charge in [-0.15, -0.1) is 23.5 Å². The number of fused-ring (bicyclic) bond motifs is 2. The van der Waals surface area contributed by atoms with Gasteiger partial charge in [0.25, 0.3) is 0 Å². The summed E-state index contributed by atoms with van der Waals surface area (Å²) in [6.45, 7) is 0. The molecule has 0 aliphatic carbocycles. The van der Waals surface area contributed by atoms with Gasteiger partial charge in [-0.2, -0.15) is 0 Å². The Balaban J connectivity index is 1.67. The second-order valence-electron chi connectivity index (χ2n) is 4.62. The van der Waals surface area contributed by atoms with Crippen LogP contribution in [0.25, 0.3) is 0 Å². The van der Waals surface area contributed by atoms with Gasteiger partial charge in [0.1, 0.15) is 0 Å². The highest BCUT2D eigenvalue weighted by Gasteiger charge is 2.32. The number of rotatable bonds is 0. The van der Waals surface area contributed by atoms with Gasteiger partial charge < -0.3 is 0 Å². The lowest BCUT2D eigenvalue weighted by Gasteiger charge is -2.24. The normalized spacial score (nSPS) is 16.2. The lowest BCUT2D eigenvalue weighted by atomic mass is 10.3. The van der Waals surface area contributed by atoms with E-state index in [0.717, 1.165) is 11.4 Å². The summed E-state index contributed by atoms with van der Waals surface area (Å²) in [5.41, 5.74) is 2.05. The standard InChI is InChI=1S/C15H12N2OS2/c18-15(16-9-19-13-7-3-1-5-11(13)16)17-10-20-14-8-4-2-6-12(14)17/h1-8H,9-10H2. The molecule has 100 valence electrons. The molecule has 0 atom stereocenters. The molecule has 4 rings (SSSR count). The number of hydrogen-bond acceptors (Lipinski definition) is 3. The number of carbonyl (C=O) groups is 1. The molecule has 0 N–H and O–H groups in total. The molecule has 2 amide bonds. The Morgan fingerprint density at radius 3 is 1.75 bits per heavy atom. The summed E-state index contributed by atoms with van der Waals surface area (Å²) in [7, 11) is 0. The van der Waals surface area contributed by atoms with Crippen LogP contribution in [0.2, 0.25) is 0 Å². The monoisotopic (exact) mass is 300 g/mol. The number of hydrogen-bond donors (Lipinski definition) is 0. The predicted octanol–water partition coefficient (Wildman–Crippen LogP) is 4.25. The van der Waals surface area contributed by atoms with Gasteiger partial charge in [0.2, 0.25) is 0 Å². The smallest absolute Gasteiger partial charge is 0.283 e. The Morgan fingerprint density at radius 2 is 1.25 bits per heavy atom. The van der Waals surface area contributed by atoms with Gasteiger partial charge in [-0.25, -0.2) is 4.79 Å². The maximum absolute atomic E-state index is 12.8. The molecule has 2 aromatic rings. The fourth-order valence-electron chi connectivity index (χ4n) is 2.47. The molecule has 20 heavy (non-hydrogen) atoms. The van der Waals surface area contributed by atoms with Gasteiger partial charge in [0, 0.05) is 9.79 Å². The van der Waals surface area contributed by atoms with E-state index in [1.807, 2.05) is 46.2 Å². The van der Waals surface area contributed by atoms with Gasteiger partial charge in [-0.05, 0) is 24.3 Å². The van der Waals surface area contributed by atoms with E-state index in [4.69, 9.17) is 0 Å². The third-order valence-electron chi connectivity index (χ3n) is 3.47. The van der Waals surface area contributed by atoms with Crippen molar-refractivity contribution in [3.63, 3.8) is 0 Å². The molecule has 2 heterocycles. The molecule has 0 saturated carbocycles. The van der Waals surface area contributed by atoms with Crippen LogP contribution < -0.4 is 9.80 Å². The Morgan fingerprint density at radius 1 is 0.800 bits per heavy atom. The first-order valence-electron chi connectivity index (χ1n) is 6.37. The fraction of sp³-hybridized carbons (Fsp3) is 0.133. The Hall–Kier alpha value is -1.59. The van der Waals surface area contributed by atoms with E-state index in [1.165, 1.54) is 9.79 Å². The molecule has 0 radical (unpaired) electrons. The van der Waals surface area contributed by atoms with Crippen molar-refractivity contribution in [2.75, 3.05) is 21.6 Å². The second-order valence-corrected chi connectivity index (χ2v) is 6.59. The molecule has 5 heteroatoms. The van der Waals surface area contributed by atoms with Crippen molar-refractivity contribution in [2.24, 2.45) is 0 Å². The summed E-state index contributed by atoms with van der Waals surface area (Å²) in [6.07, 6.45) is 0. The minimum absolute atomic E-state index is 0.0694. The number of amides is 2. The van der Waals surface area contributed by atoms with E-state index in [2.05, 4.69) is 12.1 Å².